The molecule has 0 aromatic heterocycles. The Morgan fingerprint density at radius 2 is 1.62 bits per heavy atom. The van der Waals surface area contributed by atoms with Gasteiger partial charge in [-0.1, -0.05) is 32.9 Å². The Labute approximate surface area is 155 Å². The molecule has 0 fully saturated rings. The van der Waals surface area contributed by atoms with E-state index in [9.17, 15) is 13.2 Å². The zero-order valence-corrected chi connectivity index (χ0v) is 16.3. The van der Waals surface area contributed by atoms with Crippen molar-refractivity contribution in [1.29, 1.82) is 0 Å². The topological polar surface area (TPSA) is 72.5 Å². The number of methoxy groups -OCH3 is 1. The maximum Gasteiger partial charge on any atom is 0.251 e. The number of carbonyl (C=O) groups excluding carboxylic acids is 1. The zero-order chi connectivity index (χ0) is 19.3. The normalized spacial score (nSPS) is 12.7. The second kappa shape index (κ2) is 8.36. The fourth-order valence-electron chi connectivity index (χ4n) is 2.65. The van der Waals surface area contributed by atoms with Crippen LogP contribution in [0.4, 0.5) is 0 Å². The fourth-order valence-corrected chi connectivity index (χ4v) is 3.54. The molecule has 0 radical (unpaired) electrons. The summed E-state index contributed by atoms with van der Waals surface area (Å²) in [5, 5.41) is 3.03. The third-order valence-corrected chi connectivity index (χ3v) is 6.03. The van der Waals surface area contributed by atoms with Crippen LogP contribution in [0.2, 0.25) is 0 Å². The number of hydrogen-bond donors (Lipinski definition) is 1. The highest BCUT2D eigenvalue weighted by Gasteiger charge is 2.20. The van der Waals surface area contributed by atoms with Crippen LogP contribution in [0.15, 0.2) is 53.4 Å². The van der Waals surface area contributed by atoms with E-state index in [1.807, 2.05) is 38.1 Å². The van der Waals surface area contributed by atoms with Crippen molar-refractivity contribution in [2.75, 3.05) is 12.9 Å². The van der Waals surface area contributed by atoms with Gasteiger partial charge in [0.2, 0.25) is 0 Å². The summed E-state index contributed by atoms with van der Waals surface area (Å²) < 4.78 is 28.9. The third kappa shape index (κ3) is 4.64. The minimum Gasteiger partial charge on any atom is -0.497 e. The maximum atomic E-state index is 12.6. The van der Waals surface area contributed by atoms with Crippen LogP contribution in [0.5, 0.6) is 5.75 Å². The van der Waals surface area contributed by atoms with E-state index in [2.05, 4.69) is 5.32 Å². The largest absolute Gasteiger partial charge is 0.497 e. The van der Waals surface area contributed by atoms with Crippen molar-refractivity contribution in [3.8, 4) is 5.75 Å². The molecule has 5 nitrogen and oxygen atoms in total. The third-order valence-electron chi connectivity index (χ3n) is 4.28. The van der Waals surface area contributed by atoms with Gasteiger partial charge < -0.3 is 10.1 Å². The molecule has 0 saturated carbocycles. The highest BCUT2D eigenvalue weighted by Crippen LogP contribution is 2.24. The number of sulfone groups is 1. The highest BCUT2D eigenvalue weighted by atomic mass is 32.2. The van der Waals surface area contributed by atoms with E-state index in [-0.39, 0.29) is 28.5 Å². The van der Waals surface area contributed by atoms with Crippen molar-refractivity contribution in [1.82, 2.24) is 5.32 Å². The lowest BCUT2D eigenvalue weighted by atomic mass is 9.95. The molecule has 0 spiro atoms. The van der Waals surface area contributed by atoms with Gasteiger partial charge in [0.15, 0.2) is 9.84 Å². The second-order valence-electron chi connectivity index (χ2n) is 6.40. The number of rotatable bonds is 7. The summed E-state index contributed by atoms with van der Waals surface area (Å²) in [6.45, 7) is 5.66. The quantitative estimate of drug-likeness (QED) is 0.802. The van der Waals surface area contributed by atoms with Gasteiger partial charge in [0.1, 0.15) is 5.75 Å². The van der Waals surface area contributed by atoms with Crippen LogP contribution in [0.1, 0.15) is 42.7 Å². The van der Waals surface area contributed by atoms with Crippen molar-refractivity contribution in [3.63, 3.8) is 0 Å². The standard InChI is InChI=1S/C20H25NO4S/c1-5-26(23,24)18-12-8-16(9-13-18)20(22)21-19(14(2)3)15-6-10-17(25-4)11-7-15/h6-14,19H,5H2,1-4H3,(H,21,22). The molecule has 1 N–H and O–H groups in total. The SMILES string of the molecule is CCS(=O)(=O)c1ccc(C(=O)NC(c2ccc(OC)cc2)C(C)C)cc1. The lowest BCUT2D eigenvalue weighted by Crippen LogP contribution is -2.31. The average molecular weight is 375 g/mol. The van der Waals surface area contributed by atoms with Crippen LogP contribution in [0.25, 0.3) is 0 Å². The molecule has 1 atom stereocenters. The van der Waals surface area contributed by atoms with E-state index in [4.69, 9.17) is 4.74 Å². The van der Waals surface area contributed by atoms with Gasteiger partial charge in [-0.2, -0.15) is 0 Å². The van der Waals surface area contributed by atoms with Gasteiger partial charge in [0.25, 0.3) is 5.91 Å². The van der Waals surface area contributed by atoms with Gasteiger partial charge in [-0.05, 0) is 47.9 Å². The van der Waals surface area contributed by atoms with Gasteiger partial charge in [-0.3, -0.25) is 4.79 Å². The highest BCUT2D eigenvalue weighted by molar-refractivity contribution is 7.91. The Hall–Kier alpha value is -2.34. The molecule has 0 heterocycles. The van der Waals surface area contributed by atoms with E-state index in [0.29, 0.717) is 5.56 Å². The van der Waals surface area contributed by atoms with Crippen molar-refractivity contribution < 1.29 is 17.9 Å². The summed E-state index contributed by atoms with van der Waals surface area (Å²) >= 11 is 0. The van der Waals surface area contributed by atoms with Crippen molar-refractivity contribution in [2.24, 2.45) is 5.92 Å². The van der Waals surface area contributed by atoms with Crippen molar-refractivity contribution >= 4 is 15.7 Å². The maximum absolute atomic E-state index is 12.6. The van der Waals surface area contributed by atoms with Crippen LogP contribution in [-0.2, 0) is 9.84 Å². The van der Waals surface area contributed by atoms with Crippen molar-refractivity contribution in [3.05, 3.63) is 59.7 Å². The number of nitrogens with one attached hydrogen (secondary N) is 1. The Bertz CT molecular complexity index is 840. The predicted octanol–water partition coefficient (Wildman–Crippen LogP) is 3.62. The molecule has 0 aliphatic rings. The summed E-state index contributed by atoms with van der Waals surface area (Å²) in [6.07, 6.45) is 0. The number of hydrogen-bond acceptors (Lipinski definition) is 4. The van der Waals surface area contributed by atoms with E-state index in [1.165, 1.54) is 12.1 Å². The molecule has 26 heavy (non-hydrogen) atoms. The minimum absolute atomic E-state index is 0.0332. The predicted molar refractivity (Wildman–Crippen MR) is 102 cm³/mol. The second-order valence-corrected chi connectivity index (χ2v) is 8.67. The smallest absolute Gasteiger partial charge is 0.251 e. The number of amides is 1. The van der Waals surface area contributed by atoms with Crippen LogP contribution >= 0.6 is 0 Å². The molecule has 6 heteroatoms. The van der Waals surface area contributed by atoms with E-state index in [1.54, 1.807) is 26.2 Å². The molecule has 2 aromatic carbocycles. The monoisotopic (exact) mass is 375 g/mol. The Kier molecular flexibility index (Phi) is 6.42. The summed E-state index contributed by atoms with van der Waals surface area (Å²) in [4.78, 5) is 12.8. The van der Waals surface area contributed by atoms with Crippen molar-refractivity contribution in [2.45, 2.75) is 31.7 Å². The summed E-state index contributed by atoms with van der Waals surface area (Å²) in [5.41, 5.74) is 1.42. The zero-order valence-electron chi connectivity index (χ0n) is 15.5. The first-order valence-electron chi connectivity index (χ1n) is 8.56. The van der Waals surface area contributed by atoms with Gasteiger partial charge in [-0.25, -0.2) is 8.42 Å². The Balaban J connectivity index is 2.19. The lowest BCUT2D eigenvalue weighted by Gasteiger charge is -2.23. The van der Waals surface area contributed by atoms with Crippen LogP contribution in [-0.4, -0.2) is 27.2 Å². The van der Waals surface area contributed by atoms with E-state index < -0.39 is 9.84 Å². The summed E-state index contributed by atoms with van der Waals surface area (Å²) in [7, 11) is -1.66. The molecule has 1 unspecified atom stereocenters. The summed E-state index contributed by atoms with van der Waals surface area (Å²) in [5.74, 6) is 0.744. The molecule has 140 valence electrons. The van der Waals surface area contributed by atoms with Gasteiger partial charge in [0, 0.05) is 5.56 Å². The van der Waals surface area contributed by atoms with Gasteiger partial charge >= 0.3 is 0 Å². The van der Waals surface area contributed by atoms with Crippen LogP contribution in [0, 0.1) is 5.92 Å². The Morgan fingerprint density at radius 3 is 2.08 bits per heavy atom. The molecule has 0 aliphatic heterocycles. The molecule has 2 aromatic rings. The summed E-state index contributed by atoms with van der Waals surface area (Å²) in [6, 6.07) is 13.5. The van der Waals surface area contributed by atoms with Gasteiger partial charge in [0.05, 0.1) is 23.8 Å². The molecular formula is C20H25NO4S. The van der Waals surface area contributed by atoms with E-state index in [0.717, 1.165) is 11.3 Å². The molecule has 1 amide bonds. The minimum atomic E-state index is -3.27. The first-order chi connectivity index (χ1) is 12.3. The first-order valence-corrected chi connectivity index (χ1v) is 10.2. The molecule has 0 saturated heterocycles. The van der Waals surface area contributed by atoms with Crippen LogP contribution < -0.4 is 10.1 Å². The molecule has 0 aliphatic carbocycles. The van der Waals surface area contributed by atoms with E-state index >= 15 is 0 Å². The fraction of sp³-hybridized carbons (Fsp3) is 0.350. The van der Waals surface area contributed by atoms with Crippen LogP contribution in [0.3, 0.4) is 0 Å². The number of carbonyl (C=O) groups is 1. The average Bonchev–Trinajstić information content (AvgIpc) is 2.66. The molecular weight excluding hydrogens is 350 g/mol. The first kappa shape index (κ1) is 20.0. The molecule has 2 rings (SSSR count). The number of benzene rings is 2. The van der Waals surface area contributed by atoms with Gasteiger partial charge in [-0.15, -0.1) is 0 Å². The number of ether oxygens (including phenoxy) is 1. The molecule has 0 bridgehead atoms. The Morgan fingerprint density at radius 1 is 1.04 bits per heavy atom. The lowest BCUT2D eigenvalue weighted by molar-refractivity contribution is 0.0925.